The molecule has 26 heavy (non-hydrogen) atoms. The van der Waals surface area contributed by atoms with Crippen LogP contribution in [0.5, 0.6) is 0 Å². The van der Waals surface area contributed by atoms with E-state index in [2.05, 4.69) is 31.2 Å². The summed E-state index contributed by atoms with van der Waals surface area (Å²) in [6.45, 7) is 0. The molecular formula is C18H12BrClFN3OS. The number of benzene rings is 2. The highest BCUT2D eigenvalue weighted by Gasteiger charge is 2.14. The summed E-state index contributed by atoms with van der Waals surface area (Å²) in [4.78, 5) is 21.0. The van der Waals surface area contributed by atoms with Gasteiger partial charge in [0.2, 0.25) is 0 Å². The first-order valence-corrected chi connectivity index (χ1v) is 9.63. The zero-order valence-corrected chi connectivity index (χ0v) is 16.4. The second-order valence-corrected chi connectivity index (χ2v) is 7.46. The normalized spacial score (nSPS) is 10.6. The van der Waals surface area contributed by atoms with Gasteiger partial charge in [-0.1, -0.05) is 35.5 Å². The highest BCUT2D eigenvalue weighted by atomic mass is 79.9. The smallest absolute Gasteiger partial charge is 0.275 e. The molecule has 0 aliphatic heterocycles. The van der Waals surface area contributed by atoms with Gasteiger partial charge in [-0.05, 0) is 57.9 Å². The summed E-state index contributed by atoms with van der Waals surface area (Å²) in [6, 6.07) is 13.0. The average molecular weight is 453 g/mol. The molecule has 0 unspecified atom stereocenters. The van der Waals surface area contributed by atoms with Crippen LogP contribution in [0.2, 0.25) is 5.02 Å². The molecule has 0 saturated heterocycles. The van der Waals surface area contributed by atoms with Crippen molar-refractivity contribution in [2.24, 2.45) is 0 Å². The predicted molar refractivity (Wildman–Crippen MR) is 105 cm³/mol. The van der Waals surface area contributed by atoms with Crippen LogP contribution in [-0.4, -0.2) is 15.9 Å². The number of rotatable bonds is 5. The van der Waals surface area contributed by atoms with E-state index in [4.69, 9.17) is 11.6 Å². The number of halogens is 3. The van der Waals surface area contributed by atoms with Gasteiger partial charge in [-0.3, -0.25) is 4.79 Å². The third-order valence-corrected chi connectivity index (χ3v) is 5.09. The largest absolute Gasteiger partial charge is 0.321 e. The van der Waals surface area contributed by atoms with Gasteiger partial charge in [-0.25, -0.2) is 14.4 Å². The monoisotopic (exact) mass is 451 g/mol. The van der Waals surface area contributed by atoms with Crippen molar-refractivity contribution in [1.82, 2.24) is 9.97 Å². The molecule has 4 nitrogen and oxygen atoms in total. The summed E-state index contributed by atoms with van der Waals surface area (Å²) in [6.07, 6.45) is 1.54. The van der Waals surface area contributed by atoms with Gasteiger partial charge in [0.15, 0.2) is 5.16 Å². The molecular weight excluding hydrogens is 441 g/mol. The number of hydrogen-bond donors (Lipinski definition) is 1. The van der Waals surface area contributed by atoms with E-state index in [9.17, 15) is 9.18 Å². The van der Waals surface area contributed by atoms with Crippen LogP contribution in [0.1, 0.15) is 16.1 Å². The van der Waals surface area contributed by atoms with E-state index < -0.39 is 0 Å². The van der Waals surface area contributed by atoms with Crippen molar-refractivity contribution in [3.05, 3.63) is 81.3 Å². The molecule has 0 fully saturated rings. The van der Waals surface area contributed by atoms with Crippen LogP contribution in [0.4, 0.5) is 10.1 Å². The van der Waals surface area contributed by atoms with Gasteiger partial charge in [0.25, 0.3) is 5.91 Å². The SMILES string of the molecule is O=C(Nc1ccc(Cl)cc1)c1nc(SCc2ccc(F)cc2)ncc1Br. The number of nitrogens with one attached hydrogen (secondary N) is 1. The van der Waals surface area contributed by atoms with Crippen LogP contribution in [0.25, 0.3) is 0 Å². The van der Waals surface area contributed by atoms with Gasteiger partial charge >= 0.3 is 0 Å². The van der Waals surface area contributed by atoms with E-state index in [-0.39, 0.29) is 17.4 Å². The fraction of sp³-hybridized carbons (Fsp3) is 0.0556. The van der Waals surface area contributed by atoms with Gasteiger partial charge in [-0.2, -0.15) is 0 Å². The Balaban J connectivity index is 1.71. The van der Waals surface area contributed by atoms with Gasteiger partial charge in [0, 0.05) is 22.7 Å². The third kappa shape index (κ3) is 5.03. The van der Waals surface area contributed by atoms with Crippen LogP contribution in [0, 0.1) is 5.82 Å². The van der Waals surface area contributed by atoms with Crippen LogP contribution in [-0.2, 0) is 5.75 Å². The third-order valence-electron chi connectivity index (χ3n) is 3.32. The van der Waals surface area contributed by atoms with Crippen molar-refractivity contribution >= 4 is 50.9 Å². The molecule has 0 aliphatic rings. The summed E-state index contributed by atoms with van der Waals surface area (Å²) in [5.41, 5.74) is 1.79. The molecule has 132 valence electrons. The fourth-order valence-corrected chi connectivity index (χ4v) is 3.30. The average Bonchev–Trinajstić information content (AvgIpc) is 2.64. The van der Waals surface area contributed by atoms with Gasteiger partial charge in [0.1, 0.15) is 11.5 Å². The Morgan fingerprint density at radius 1 is 1.15 bits per heavy atom. The molecule has 0 bridgehead atoms. The van der Waals surface area contributed by atoms with Gasteiger partial charge < -0.3 is 5.32 Å². The number of anilines is 1. The highest BCUT2D eigenvalue weighted by molar-refractivity contribution is 9.10. The predicted octanol–water partition coefficient (Wildman–Crippen LogP) is 5.58. The first-order chi connectivity index (χ1) is 12.5. The first kappa shape index (κ1) is 18.8. The fourth-order valence-electron chi connectivity index (χ4n) is 2.03. The molecule has 0 radical (unpaired) electrons. The lowest BCUT2D eigenvalue weighted by molar-refractivity contribution is 0.102. The Labute approximate surface area is 167 Å². The second-order valence-electron chi connectivity index (χ2n) is 5.23. The second kappa shape index (κ2) is 8.62. The maximum atomic E-state index is 12.9. The van der Waals surface area contributed by atoms with Crippen LogP contribution in [0.3, 0.4) is 0 Å². The van der Waals surface area contributed by atoms with E-state index >= 15 is 0 Å². The molecule has 0 atom stereocenters. The maximum absolute atomic E-state index is 12.9. The summed E-state index contributed by atoms with van der Waals surface area (Å²) in [7, 11) is 0. The minimum absolute atomic E-state index is 0.233. The molecule has 1 heterocycles. The number of thioether (sulfide) groups is 1. The highest BCUT2D eigenvalue weighted by Crippen LogP contribution is 2.23. The van der Waals surface area contributed by atoms with Crippen molar-refractivity contribution in [3.8, 4) is 0 Å². The molecule has 0 saturated carbocycles. The summed E-state index contributed by atoms with van der Waals surface area (Å²) < 4.78 is 13.4. The number of aromatic nitrogens is 2. The topological polar surface area (TPSA) is 54.9 Å². The minimum atomic E-state index is -0.356. The van der Waals surface area contributed by atoms with E-state index in [1.807, 2.05) is 0 Å². The molecule has 0 aliphatic carbocycles. The Morgan fingerprint density at radius 3 is 2.54 bits per heavy atom. The van der Waals surface area contributed by atoms with Crippen LogP contribution < -0.4 is 5.32 Å². The number of amides is 1. The number of hydrogen-bond acceptors (Lipinski definition) is 4. The summed E-state index contributed by atoms with van der Waals surface area (Å²) in [5, 5.41) is 3.81. The van der Waals surface area contributed by atoms with Crippen molar-refractivity contribution in [2.75, 3.05) is 5.32 Å². The number of carbonyl (C=O) groups is 1. The summed E-state index contributed by atoms with van der Waals surface area (Å²) >= 11 is 10.5. The lowest BCUT2D eigenvalue weighted by Crippen LogP contribution is -2.15. The molecule has 3 rings (SSSR count). The van der Waals surface area contributed by atoms with Crippen molar-refractivity contribution in [3.63, 3.8) is 0 Å². The zero-order chi connectivity index (χ0) is 18.5. The number of carbonyl (C=O) groups excluding carboxylic acids is 1. The van der Waals surface area contributed by atoms with Crippen molar-refractivity contribution < 1.29 is 9.18 Å². The quantitative estimate of drug-likeness (QED) is 0.406. The molecule has 1 N–H and O–H groups in total. The Hall–Kier alpha value is -1.96. The zero-order valence-electron chi connectivity index (χ0n) is 13.2. The number of nitrogens with zero attached hydrogens (tertiary/aromatic N) is 2. The van der Waals surface area contributed by atoms with E-state index in [0.29, 0.717) is 26.1 Å². The molecule has 1 aromatic heterocycles. The lowest BCUT2D eigenvalue weighted by Gasteiger charge is -2.08. The lowest BCUT2D eigenvalue weighted by atomic mass is 10.2. The van der Waals surface area contributed by atoms with Crippen molar-refractivity contribution in [2.45, 2.75) is 10.9 Å². The molecule has 8 heteroatoms. The molecule has 0 spiro atoms. The Bertz CT molecular complexity index is 923. The van der Waals surface area contributed by atoms with Crippen LogP contribution in [0.15, 0.2) is 64.4 Å². The van der Waals surface area contributed by atoms with Gasteiger partial charge in [0.05, 0.1) is 4.47 Å². The van der Waals surface area contributed by atoms with E-state index in [1.165, 1.54) is 30.1 Å². The summed E-state index contributed by atoms with van der Waals surface area (Å²) in [5.74, 6) is -0.0646. The van der Waals surface area contributed by atoms with E-state index in [0.717, 1.165) is 5.56 Å². The minimum Gasteiger partial charge on any atom is -0.321 e. The molecule has 1 amide bonds. The Morgan fingerprint density at radius 2 is 1.85 bits per heavy atom. The van der Waals surface area contributed by atoms with Gasteiger partial charge in [-0.15, -0.1) is 0 Å². The maximum Gasteiger partial charge on any atom is 0.275 e. The molecule has 3 aromatic rings. The van der Waals surface area contributed by atoms with Crippen LogP contribution >= 0.6 is 39.3 Å². The molecule has 2 aromatic carbocycles. The standard InChI is InChI=1S/C18H12BrClFN3OS/c19-15-9-22-18(26-10-11-1-5-13(21)6-2-11)24-16(15)17(25)23-14-7-3-12(20)4-8-14/h1-9H,10H2,(H,23,25). The first-order valence-electron chi connectivity index (χ1n) is 7.48. The van der Waals surface area contributed by atoms with E-state index in [1.54, 1.807) is 36.4 Å². The van der Waals surface area contributed by atoms with Crippen molar-refractivity contribution in [1.29, 1.82) is 0 Å². The Kier molecular flexibility index (Phi) is 6.24.